The van der Waals surface area contributed by atoms with Gasteiger partial charge in [0.25, 0.3) is 0 Å². The first-order chi connectivity index (χ1) is 7.65. The van der Waals surface area contributed by atoms with E-state index in [1.165, 1.54) is 0 Å². The highest BCUT2D eigenvalue weighted by Gasteiger charge is 2.22. The maximum Gasteiger partial charge on any atom is 0.231 e. The van der Waals surface area contributed by atoms with Gasteiger partial charge in [-0.05, 0) is 10.3 Å². The molecule has 0 aliphatic carbocycles. The zero-order valence-electron chi connectivity index (χ0n) is 8.20. The van der Waals surface area contributed by atoms with Gasteiger partial charge in [-0.2, -0.15) is 0 Å². The van der Waals surface area contributed by atoms with Crippen molar-refractivity contribution in [2.24, 2.45) is 0 Å². The summed E-state index contributed by atoms with van der Waals surface area (Å²) in [7, 11) is -3.64. The minimum absolute atomic E-state index is 0.195. The van der Waals surface area contributed by atoms with Gasteiger partial charge in [0.15, 0.2) is 5.69 Å². The third-order valence-electron chi connectivity index (χ3n) is 1.99. The first-order valence-corrected chi connectivity index (χ1v) is 5.95. The summed E-state index contributed by atoms with van der Waals surface area (Å²) in [6.45, 7) is 3.23. The predicted octanol–water partition coefficient (Wildman–Crippen LogP) is 1.65. The van der Waals surface area contributed by atoms with Gasteiger partial charge in [0.05, 0.1) is 0 Å². The molecule has 0 radical (unpaired) electrons. The molecule has 1 aromatic carbocycles. The van der Waals surface area contributed by atoms with E-state index in [0.717, 1.165) is 5.41 Å². The second kappa shape index (κ2) is 3.90. The summed E-state index contributed by atoms with van der Waals surface area (Å²) in [5.74, 6) is 0. The van der Waals surface area contributed by atoms with E-state index in [-0.39, 0.29) is 10.7 Å². The highest BCUT2D eigenvalue weighted by atomic mass is 32.2. The van der Waals surface area contributed by atoms with Gasteiger partial charge >= 0.3 is 0 Å². The van der Waals surface area contributed by atoms with E-state index in [4.69, 9.17) is 0 Å². The molecule has 0 spiro atoms. The van der Waals surface area contributed by atoms with Crippen molar-refractivity contribution in [1.29, 1.82) is 0 Å². The Kier molecular flexibility index (Phi) is 2.57. The minimum atomic E-state index is -3.64. The lowest BCUT2D eigenvalue weighted by Gasteiger charge is -1.96. The summed E-state index contributed by atoms with van der Waals surface area (Å²) >= 11 is 0. The molecule has 82 valence electrons. The van der Waals surface area contributed by atoms with Crippen LogP contribution in [0.3, 0.4) is 0 Å². The third kappa shape index (κ3) is 1.74. The molecule has 0 fully saturated rings. The van der Waals surface area contributed by atoms with Crippen LogP contribution in [0.5, 0.6) is 0 Å². The summed E-state index contributed by atoms with van der Waals surface area (Å²) in [6, 6.07) is 8.81. The topological polar surface area (TPSA) is 73.1 Å². The van der Waals surface area contributed by atoms with Crippen LogP contribution in [0.15, 0.2) is 52.0 Å². The lowest BCUT2D eigenvalue weighted by Crippen LogP contribution is -1.98. The molecule has 0 atom stereocenters. The zero-order chi connectivity index (χ0) is 11.6. The highest BCUT2D eigenvalue weighted by molar-refractivity contribution is 7.94. The number of hydrogen-bond donors (Lipinski definition) is 0. The Morgan fingerprint density at radius 3 is 2.50 bits per heavy atom. The van der Waals surface area contributed by atoms with Crippen LogP contribution in [0.25, 0.3) is 11.3 Å². The third-order valence-corrected chi connectivity index (χ3v) is 3.24. The van der Waals surface area contributed by atoms with E-state index in [9.17, 15) is 8.42 Å². The summed E-state index contributed by atoms with van der Waals surface area (Å²) < 4.78 is 27.6. The lowest BCUT2D eigenvalue weighted by atomic mass is 10.2. The minimum Gasteiger partial charge on any atom is -0.243 e. The number of nitrogens with zero attached hydrogens (tertiary/aromatic N) is 2. The van der Waals surface area contributed by atoms with E-state index >= 15 is 0 Å². The molecule has 0 bridgehead atoms. The average molecular weight is 236 g/mol. The summed E-state index contributed by atoms with van der Waals surface area (Å²) in [4.78, 5) is 0. The van der Waals surface area contributed by atoms with Crippen molar-refractivity contribution in [1.82, 2.24) is 10.3 Å². The second-order valence-corrected chi connectivity index (χ2v) is 4.81. The number of rotatable bonds is 3. The number of hydrogen-bond acceptors (Lipinski definition) is 5. The number of benzene rings is 1. The molecule has 0 aliphatic rings. The van der Waals surface area contributed by atoms with Crippen LogP contribution >= 0.6 is 0 Å². The van der Waals surface area contributed by atoms with Gasteiger partial charge in [-0.1, -0.05) is 36.9 Å². The van der Waals surface area contributed by atoms with Crippen LogP contribution in [0.2, 0.25) is 0 Å². The molecule has 6 heteroatoms. The van der Waals surface area contributed by atoms with E-state index in [0.29, 0.717) is 5.56 Å². The first-order valence-electron chi connectivity index (χ1n) is 4.40. The molecule has 0 unspecified atom stereocenters. The van der Waals surface area contributed by atoms with Crippen molar-refractivity contribution in [2.45, 2.75) is 5.03 Å². The maximum atomic E-state index is 11.6. The fraction of sp³-hybridized carbons (Fsp3) is 0. The van der Waals surface area contributed by atoms with Crippen molar-refractivity contribution in [3.63, 3.8) is 0 Å². The predicted molar refractivity (Wildman–Crippen MR) is 57.1 cm³/mol. The van der Waals surface area contributed by atoms with Crippen LogP contribution < -0.4 is 0 Å². The smallest absolute Gasteiger partial charge is 0.231 e. The molecule has 0 saturated heterocycles. The number of aromatic nitrogens is 2. The Hall–Kier alpha value is -1.95. The van der Waals surface area contributed by atoms with Gasteiger partial charge in [-0.25, -0.2) is 13.0 Å². The van der Waals surface area contributed by atoms with E-state index in [1.54, 1.807) is 24.3 Å². The quantitative estimate of drug-likeness (QED) is 0.810. The Morgan fingerprint density at radius 2 is 1.88 bits per heavy atom. The molecular weight excluding hydrogens is 228 g/mol. The van der Waals surface area contributed by atoms with Gasteiger partial charge in [-0.3, -0.25) is 0 Å². The van der Waals surface area contributed by atoms with E-state index in [1.807, 2.05) is 6.07 Å². The van der Waals surface area contributed by atoms with E-state index in [2.05, 4.69) is 21.5 Å². The standard InChI is InChI=1S/C10H8N2O3S/c1-2-16(13,14)10-9(11-15-12-10)8-6-4-3-5-7-8/h2-7H,1H2. The Balaban J connectivity index is 2.62. The monoisotopic (exact) mass is 236 g/mol. The second-order valence-electron chi connectivity index (χ2n) is 3.00. The molecule has 2 aromatic rings. The van der Waals surface area contributed by atoms with Crippen molar-refractivity contribution in [3.05, 3.63) is 42.3 Å². The Bertz CT molecular complexity index is 602. The highest BCUT2D eigenvalue weighted by Crippen LogP contribution is 2.24. The fourth-order valence-electron chi connectivity index (χ4n) is 1.22. The normalized spacial score (nSPS) is 11.2. The van der Waals surface area contributed by atoms with Crippen LogP contribution in [-0.4, -0.2) is 18.7 Å². The molecular formula is C10H8N2O3S. The molecule has 2 rings (SSSR count). The zero-order valence-corrected chi connectivity index (χ0v) is 9.02. The van der Waals surface area contributed by atoms with Crippen molar-refractivity contribution < 1.29 is 13.0 Å². The summed E-state index contributed by atoms with van der Waals surface area (Å²) in [5.41, 5.74) is 0.824. The van der Waals surface area contributed by atoms with Gasteiger partial charge in [0.1, 0.15) is 0 Å². The fourth-order valence-corrected chi connectivity index (χ4v) is 1.94. The summed E-state index contributed by atoms with van der Waals surface area (Å²) in [5, 5.41) is 7.58. The SMILES string of the molecule is C=CS(=O)(=O)c1nonc1-c1ccccc1. The first kappa shape index (κ1) is 10.6. The molecule has 16 heavy (non-hydrogen) atoms. The van der Waals surface area contributed by atoms with Crippen LogP contribution in [0.1, 0.15) is 0 Å². The summed E-state index contributed by atoms with van der Waals surface area (Å²) in [6.07, 6.45) is 0. The van der Waals surface area contributed by atoms with Crippen LogP contribution in [0, 0.1) is 0 Å². The van der Waals surface area contributed by atoms with Gasteiger partial charge < -0.3 is 0 Å². The molecule has 1 aromatic heterocycles. The van der Waals surface area contributed by atoms with Gasteiger partial charge in [0.2, 0.25) is 14.9 Å². The average Bonchev–Trinajstić information content (AvgIpc) is 2.80. The molecule has 0 amide bonds. The van der Waals surface area contributed by atoms with Crippen molar-refractivity contribution in [2.75, 3.05) is 0 Å². The van der Waals surface area contributed by atoms with Gasteiger partial charge in [0, 0.05) is 11.0 Å². The van der Waals surface area contributed by atoms with E-state index < -0.39 is 9.84 Å². The Labute approximate surface area is 92.3 Å². The Morgan fingerprint density at radius 1 is 1.19 bits per heavy atom. The largest absolute Gasteiger partial charge is 0.243 e. The number of sulfone groups is 1. The maximum absolute atomic E-state index is 11.6. The van der Waals surface area contributed by atoms with Crippen LogP contribution in [0.4, 0.5) is 0 Å². The lowest BCUT2D eigenvalue weighted by molar-refractivity contribution is 0.298. The molecule has 0 aliphatic heterocycles. The molecule has 1 heterocycles. The van der Waals surface area contributed by atoms with Crippen molar-refractivity contribution in [3.8, 4) is 11.3 Å². The van der Waals surface area contributed by atoms with Gasteiger partial charge in [-0.15, -0.1) is 0 Å². The van der Waals surface area contributed by atoms with Crippen LogP contribution in [-0.2, 0) is 9.84 Å². The molecule has 0 N–H and O–H groups in total. The molecule has 0 saturated carbocycles. The van der Waals surface area contributed by atoms with Crippen molar-refractivity contribution >= 4 is 9.84 Å². The molecule has 5 nitrogen and oxygen atoms in total.